The van der Waals surface area contributed by atoms with E-state index in [9.17, 15) is 4.39 Å². The summed E-state index contributed by atoms with van der Waals surface area (Å²) in [4.78, 5) is 4.94. The maximum Gasteiger partial charge on any atom is 0.123 e. The van der Waals surface area contributed by atoms with Gasteiger partial charge >= 0.3 is 0 Å². The van der Waals surface area contributed by atoms with Crippen LogP contribution in [0, 0.1) is 12.7 Å². The molecule has 0 fully saturated rings. The summed E-state index contributed by atoms with van der Waals surface area (Å²) in [6, 6.07) is 6.70. The zero-order chi connectivity index (χ0) is 17.1. The lowest BCUT2D eigenvalue weighted by Crippen LogP contribution is -2.11. The summed E-state index contributed by atoms with van der Waals surface area (Å²) in [5.74, 6) is 0.419. The van der Waals surface area contributed by atoms with Gasteiger partial charge in [-0.2, -0.15) is 0 Å². The summed E-state index contributed by atoms with van der Waals surface area (Å²) in [5, 5.41) is 0. The van der Waals surface area contributed by atoms with Crippen LogP contribution in [0.1, 0.15) is 62.0 Å². The standard InChI is InChI=1S/C20H26FNO/c1-12(2)19-14(5)18(15-7-9-16(21)10-8-15)17(11-23-6)20(22-19)13(3)4/h7-10,12-13H,11H2,1-6H3. The Labute approximate surface area is 138 Å². The molecule has 2 nitrogen and oxygen atoms in total. The van der Waals surface area contributed by atoms with Crippen LogP contribution >= 0.6 is 0 Å². The van der Waals surface area contributed by atoms with Crippen LogP contribution < -0.4 is 0 Å². The highest BCUT2D eigenvalue weighted by Gasteiger charge is 2.21. The monoisotopic (exact) mass is 315 g/mol. The van der Waals surface area contributed by atoms with Gasteiger partial charge in [0.05, 0.1) is 6.61 Å². The van der Waals surface area contributed by atoms with Crippen molar-refractivity contribution in [2.24, 2.45) is 0 Å². The zero-order valence-corrected chi connectivity index (χ0v) is 14.9. The maximum absolute atomic E-state index is 13.3. The van der Waals surface area contributed by atoms with Gasteiger partial charge in [-0.1, -0.05) is 39.8 Å². The van der Waals surface area contributed by atoms with Crippen molar-refractivity contribution in [2.45, 2.75) is 53.1 Å². The number of methoxy groups -OCH3 is 1. The average molecular weight is 315 g/mol. The van der Waals surface area contributed by atoms with Crippen LogP contribution in [0.15, 0.2) is 24.3 Å². The molecule has 0 aliphatic heterocycles. The lowest BCUT2D eigenvalue weighted by Gasteiger charge is -2.23. The minimum absolute atomic E-state index is 0.220. The highest BCUT2D eigenvalue weighted by Crippen LogP contribution is 2.36. The van der Waals surface area contributed by atoms with Crippen molar-refractivity contribution >= 4 is 0 Å². The second kappa shape index (κ2) is 7.22. The molecule has 0 saturated carbocycles. The molecular weight excluding hydrogens is 289 g/mol. The SMILES string of the molecule is COCc1c(C(C)C)nc(C(C)C)c(C)c1-c1ccc(F)cc1. The third kappa shape index (κ3) is 3.61. The van der Waals surface area contributed by atoms with Gasteiger partial charge in [0, 0.05) is 24.1 Å². The van der Waals surface area contributed by atoms with Crippen LogP contribution in [-0.4, -0.2) is 12.1 Å². The summed E-state index contributed by atoms with van der Waals surface area (Å²) in [7, 11) is 1.70. The first kappa shape index (κ1) is 17.6. The number of pyridine rings is 1. The highest BCUT2D eigenvalue weighted by atomic mass is 19.1. The molecule has 3 heteroatoms. The Hall–Kier alpha value is -1.74. The first-order valence-electron chi connectivity index (χ1n) is 8.14. The van der Waals surface area contributed by atoms with E-state index in [0.29, 0.717) is 18.4 Å². The fourth-order valence-electron chi connectivity index (χ4n) is 3.10. The molecule has 124 valence electrons. The predicted octanol–water partition coefficient (Wildman–Crippen LogP) is 5.59. The molecular formula is C20H26FNO. The van der Waals surface area contributed by atoms with E-state index in [1.54, 1.807) is 7.11 Å². The van der Waals surface area contributed by atoms with Crippen LogP contribution in [0.5, 0.6) is 0 Å². The van der Waals surface area contributed by atoms with Crippen molar-refractivity contribution in [2.75, 3.05) is 7.11 Å². The Balaban J connectivity index is 2.81. The third-order valence-corrected chi connectivity index (χ3v) is 4.13. The normalized spacial score (nSPS) is 11.5. The molecule has 0 aliphatic rings. The van der Waals surface area contributed by atoms with E-state index in [4.69, 9.17) is 9.72 Å². The molecule has 23 heavy (non-hydrogen) atoms. The van der Waals surface area contributed by atoms with Gasteiger partial charge < -0.3 is 4.74 Å². The van der Waals surface area contributed by atoms with Gasteiger partial charge in [-0.15, -0.1) is 0 Å². The van der Waals surface area contributed by atoms with Crippen LogP contribution in [0.4, 0.5) is 4.39 Å². The van der Waals surface area contributed by atoms with E-state index in [-0.39, 0.29) is 5.82 Å². The van der Waals surface area contributed by atoms with Crippen molar-refractivity contribution in [1.82, 2.24) is 4.98 Å². The minimum atomic E-state index is -0.220. The third-order valence-electron chi connectivity index (χ3n) is 4.13. The Morgan fingerprint density at radius 1 is 1.00 bits per heavy atom. The van der Waals surface area contributed by atoms with Gasteiger partial charge in [0.2, 0.25) is 0 Å². The van der Waals surface area contributed by atoms with E-state index in [1.165, 1.54) is 12.1 Å². The molecule has 0 saturated heterocycles. The Kier molecular flexibility index (Phi) is 5.53. The molecule has 0 spiro atoms. The number of hydrogen-bond donors (Lipinski definition) is 0. The number of halogens is 1. The fraction of sp³-hybridized carbons (Fsp3) is 0.450. The molecule has 0 bridgehead atoms. The van der Waals surface area contributed by atoms with Crippen LogP contribution in [0.3, 0.4) is 0 Å². The molecule has 0 aliphatic carbocycles. The van der Waals surface area contributed by atoms with Crippen molar-refractivity contribution in [1.29, 1.82) is 0 Å². The van der Waals surface area contributed by atoms with Crippen molar-refractivity contribution < 1.29 is 9.13 Å². The first-order valence-corrected chi connectivity index (χ1v) is 8.14. The quantitative estimate of drug-likeness (QED) is 0.717. The van der Waals surface area contributed by atoms with Gasteiger partial charge in [0.25, 0.3) is 0 Å². The summed E-state index contributed by atoms with van der Waals surface area (Å²) < 4.78 is 18.8. The number of aromatic nitrogens is 1. The predicted molar refractivity (Wildman–Crippen MR) is 93.3 cm³/mol. The highest BCUT2D eigenvalue weighted by molar-refractivity contribution is 5.72. The molecule has 1 heterocycles. The summed E-state index contributed by atoms with van der Waals surface area (Å²) in [6.07, 6.45) is 0. The molecule has 0 N–H and O–H groups in total. The average Bonchev–Trinajstić information content (AvgIpc) is 2.48. The van der Waals surface area contributed by atoms with Crippen LogP contribution in [0.25, 0.3) is 11.1 Å². The number of benzene rings is 1. The van der Waals surface area contributed by atoms with Crippen molar-refractivity contribution in [3.63, 3.8) is 0 Å². The van der Waals surface area contributed by atoms with Crippen molar-refractivity contribution in [3.05, 3.63) is 52.6 Å². The lowest BCUT2D eigenvalue weighted by atomic mass is 9.88. The summed E-state index contributed by atoms with van der Waals surface area (Å²) in [6.45, 7) is 11.2. The molecule has 1 aromatic heterocycles. The Morgan fingerprint density at radius 2 is 1.57 bits per heavy atom. The first-order chi connectivity index (χ1) is 10.9. The van der Waals surface area contributed by atoms with E-state index in [1.807, 2.05) is 12.1 Å². The molecule has 0 amide bonds. The van der Waals surface area contributed by atoms with Gasteiger partial charge in [-0.25, -0.2) is 4.39 Å². The fourth-order valence-corrected chi connectivity index (χ4v) is 3.10. The van der Waals surface area contributed by atoms with Gasteiger partial charge in [0.15, 0.2) is 0 Å². The Morgan fingerprint density at radius 3 is 2.04 bits per heavy atom. The van der Waals surface area contributed by atoms with Gasteiger partial charge in [-0.3, -0.25) is 4.98 Å². The van der Waals surface area contributed by atoms with E-state index < -0.39 is 0 Å². The minimum Gasteiger partial charge on any atom is -0.380 e. The smallest absolute Gasteiger partial charge is 0.123 e. The zero-order valence-electron chi connectivity index (χ0n) is 14.9. The molecule has 2 rings (SSSR count). The number of ether oxygens (including phenoxy) is 1. The largest absolute Gasteiger partial charge is 0.380 e. The van der Waals surface area contributed by atoms with Gasteiger partial charge in [-0.05, 0) is 47.6 Å². The van der Waals surface area contributed by atoms with Gasteiger partial charge in [0.1, 0.15) is 5.82 Å². The molecule has 1 aromatic carbocycles. The van der Waals surface area contributed by atoms with Crippen LogP contribution in [-0.2, 0) is 11.3 Å². The van der Waals surface area contributed by atoms with E-state index in [2.05, 4.69) is 34.6 Å². The number of rotatable bonds is 5. The molecule has 0 radical (unpaired) electrons. The summed E-state index contributed by atoms with van der Waals surface area (Å²) >= 11 is 0. The topological polar surface area (TPSA) is 22.1 Å². The summed E-state index contributed by atoms with van der Waals surface area (Å²) in [5.41, 5.74) is 6.59. The molecule has 0 atom stereocenters. The van der Waals surface area contributed by atoms with Crippen LogP contribution in [0.2, 0.25) is 0 Å². The molecule has 0 unspecified atom stereocenters. The van der Waals surface area contributed by atoms with E-state index >= 15 is 0 Å². The second-order valence-electron chi connectivity index (χ2n) is 6.61. The Bertz CT molecular complexity index is 675. The van der Waals surface area contributed by atoms with Crippen molar-refractivity contribution in [3.8, 4) is 11.1 Å². The maximum atomic E-state index is 13.3. The number of hydrogen-bond acceptors (Lipinski definition) is 2. The molecule has 2 aromatic rings. The lowest BCUT2D eigenvalue weighted by molar-refractivity contribution is 0.184. The second-order valence-corrected chi connectivity index (χ2v) is 6.61. The van der Waals surface area contributed by atoms with E-state index in [0.717, 1.165) is 33.6 Å². The number of nitrogens with zero attached hydrogens (tertiary/aromatic N) is 1.